The second-order valence-electron chi connectivity index (χ2n) is 4.30. The van der Waals surface area contributed by atoms with Crippen molar-refractivity contribution in [2.24, 2.45) is 0 Å². The first-order valence-corrected chi connectivity index (χ1v) is 6.55. The highest BCUT2D eigenvalue weighted by Crippen LogP contribution is 2.16. The Balaban J connectivity index is 3.29. The molecule has 4 N–H and O–H groups in total. The van der Waals surface area contributed by atoms with Crippen LogP contribution in [0, 0.1) is 0 Å². The Morgan fingerprint density at radius 1 is 1.32 bits per heavy atom. The Hall–Kier alpha value is -1.76. The summed E-state index contributed by atoms with van der Waals surface area (Å²) in [5.74, 6) is 0.154. The Kier molecular flexibility index (Phi) is 5.62. The van der Waals surface area contributed by atoms with E-state index >= 15 is 0 Å². The lowest BCUT2D eigenvalue weighted by molar-refractivity contribution is 0.301. The van der Waals surface area contributed by atoms with Crippen LogP contribution in [0.2, 0.25) is 0 Å². The Bertz CT molecular complexity index is 521. The van der Waals surface area contributed by atoms with Gasteiger partial charge in [0.15, 0.2) is 0 Å². The van der Waals surface area contributed by atoms with Gasteiger partial charge in [0.25, 0.3) is 5.56 Å². The summed E-state index contributed by atoms with van der Waals surface area (Å²) in [6, 6.07) is 0. The smallest absolute Gasteiger partial charge is 0.330 e. The molecule has 7 nitrogen and oxygen atoms in total. The number of unbranched alkanes of at least 4 members (excludes halogenated alkanes) is 1. The highest BCUT2D eigenvalue weighted by Gasteiger charge is 2.17. The van der Waals surface area contributed by atoms with E-state index in [1.165, 1.54) is 4.57 Å². The van der Waals surface area contributed by atoms with Gasteiger partial charge in [-0.15, -0.1) is 0 Å². The number of hydrogen-bond donors (Lipinski definition) is 3. The molecule has 0 aromatic carbocycles. The molecule has 0 saturated carbocycles. The van der Waals surface area contributed by atoms with Gasteiger partial charge >= 0.3 is 5.69 Å². The number of hydrogen-bond acceptors (Lipinski definition) is 5. The first-order chi connectivity index (χ1) is 9.06. The zero-order chi connectivity index (χ0) is 14.4. The Labute approximate surface area is 111 Å². The number of aromatic nitrogens is 2. The molecule has 0 radical (unpaired) electrons. The van der Waals surface area contributed by atoms with E-state index in [4.69, 9.17) is 10.8 Å². The van der Waals surface area contributed by atoms with Crippen LogP contribution in [-0.2, 0) is 6.54 Å². The van der Waals surface area contributed by atoms with Crippen molar-refractivity contribution < 1.29 is 5.11 Å². The number of anilines is 2. The number of nitrogens with zero attached hydrogens (tertiary/aromatic N) is 2. The van der Waals surface area contributed by atoms with E-state index in [-0.39, 0.29) is 18.1 Å². The van der Waals surface area contributed by atoms with Crippen molar-refractivity contribution >= 4 is 11.5 Å². The van der Waals surface area contributed by atoms with Crippen molar-refractivity contribution in [3.63, 3.8) is 0 Å². The minimum atomic E-state index is -0.506. The van der Waals surface area contributed by atoms with Crippen LogP contribution >= 0.6 is 0 Å². The van der Waals surface area contributed by atoms with Crippen LogP contribution in [0.4, 0.5) is 11.5 Å². The molecule has 0 unspecified atom stereocenters. The zero-order valence-electron chi connectivity index (χ0n) is 11.5. The Morgan fingerprint density at radius 2 is 2.00 bits per heavy atom. The average molecular weight is 270 g/mol. The summed E-state index contributed by atoms with van der Waals surface area (Å²) in [6.07, 6.45) is 1.84. The predicted molar refractivity (Wildman–Crippen MR) is 75.6 cm³/mol. The molecule has 1 rings (SSSR count). The van der Waals surface area contributed by atoms with Crippen molar-refractivity contribution in [2.45, 2.75) is 33.2 Å². The van der Waals surface area contributed by atoms with E-state index in [0.717, 1.165) is 12.8 Å². The maximum absolute atomic E-state index is 11.9. The second-order valence-corrected chi connectivity index (χ2v) is 4.30. The van der Waals surface area contributed by atoms with Gasteiger partial charge in [0, 0.05) is 19.6 Å². The molecule has 7 heteroatoms. The monoisotopic (exact) mass is 270 g/mol. The minimum absolute atomic E-state index is 0.0755. The van der Waals surface area contributed by atoms with Crippen LogP contribution < -0.4 is 21.9 Å². The fraction of sp³-hybridized carbons (Fsp3) is 0.667. The topological polar surface area (TPSA) is 104 Å². The largest absolute Gasteiger partial charge is 0.395 e. The van der Waals surface area contributed by atoms with Gasteiger partial charge in [-0.3, -0.25) is 14.3 Å². The fourth-order valence-corrected chi connectivity index (χ4v) is 2.00. The van der Waals surface area contributed by atoms with Gasteiger partial charge < -0.3 is 15.7 Å². The van der Waals surface area contributed by atoms with Crippen molar-refractivity contribution in [3.05, 3.63) is 20.8 Å². The number of nitrogen functional groups attached to an aromatic ring is 1. The van der Waals surface area contributed by atoms with Crippen LogP contribution in [0.3, 0.4) is 0 Å². The normalized spacial score (nSPS) is 10.7. The lowest BCUT2D eigenvalue weighted by Crippen LogP contribution is -2.39. The van der Waals surface area contributed by atoms with Crippen LogP contribution in [0.5, 0.6) is 0 Å². The third-order valence-electron chi connectivity index (χ3n) is 3.00. The van der Waals surface area contributed by atoms with E-state index in [2.05, 4.69) is 4.98 Å². The number of nitrogens with one attached hydrogen (secondary N) is 1. The molecular formula is C12H22N4O3. The zero-order valence-corrected chi connectivity index (χ0v) is 11.5. The summed E-state index contributed by atoms with van der Waals surface area (Å²) in [6.45, 7) is 5.06. The van der Waals surface area contributed by atoms with E-state index in [0.29, 0.717) is 19.6 Å². The molecule has 0 aliphatic carbocycles. The number of H-pyrrole nitrogens is 1. The number of aliphatic hydroxyl groups is 1. The summed E-state index contributed by atoms with van der Waals surface area (Å²) in [4.78, 5) is 27.5. The first kappa shape index (κ1) is 15.3. The van der Waals surface area contributed by atoms with Gasteiger partial charge in [-0.05, 0) is 13.3 Å². The molecule has 0 atom stereocenters. The molecule has 0 saturated heterocycles. The number of aliphatic hydroxyl groups excluding tert-OH is 1. The first-order valence-electron chi connectivity index (χ1n) is 6.55. The highest BCUT2D eigenvalue weighted by atomic mass is 16.3. The van der Waals surface area contributed by atoms with Gasteiger partial charge in [-0.25, -0.2) is 4.79 Å². The van der Waals surface area contributed by atoms with Gasteiger partial charge in [-0.2, -0.15) is 0 Å². The maximum Gasteiger partial charge on any atom is 0.330 e. The maximum atomic E-state index is 11.9. The predicted octanol–water partition coefficient (Wildman–Crippen LogP) is -0.262. The lowest BCUT2D eigenvalue weighted by Gasteiger charge is -2.25. The van der Waals surface area contributed by atoms with E-state index in [1.807, 2.05) is 6.92 Å². The van der Waals surface area contributed by atoms with Crippen LogP contribution in [-0.4, -0.2) is 34.4 Å². The van der Waals surface area contributed by atoms with E-state index in [1.54, 1.807) is 11.8 Å². The Morgan fingerprint density at radius 3 is 2.53 bits per heavy atom. The highest BCUT2D eigenvalue weighted by molar-refractivity contribution is 5.62. The lowest BCUT2D eigenvalue weighted by atomic mass is 10.3. The molecule has 0 amide bonds. The van der Waals surface area contributed by atoms with Gasteiger partial charge in [0.05, 0.1) is 6.61 Å². The molecule has 0 aliphatic heterocycles. The average Bonchev–Trinajstić information content (AvgIpc) is 2.35. The molecule has 1 heterocycles. The fourth-order valence-electron chi connectivity index (χ4n) is 2.00. The third-order valence-corrected chi connectivity index (χ3v) is 3.00. The molecule has 0 aliphatic rings. The van der Waals surface area contributed by atoms with Crippen molar-refractivity contribution in [3.8, 4) is 0 Å². The molecule has 0 bridgehead atoms. The van der Waals surface area contributed by atoms with Crippen molar-refractivity contribution in [2.75, 3.05) is 30.3 Å². The van der Waals surface area contributed by atoms with Gasteiger partial charge in [0.2, 0.25) is 0 Å². The van der Waals surface area contributed by atoms with Crippen LogP contribution in [0.25, 0.3) is 0 Å². The summed E-state index contributed by atoms with van der Waals surface area (Å²) >= 11 is 0. The van der Waals surface area contributed by atoms with Crippen molar-refractivity contribution in [1.82, 2.24) is 9.55 Å². The molecule has 1 aromatic heterocycles. The number of rotatable bonds is 7. The SMILES string of the molecule is CCCCN(CCO)c1c(N)n(CC)c(=O)[nH]c1=O. The second kappa shape index (κ2) is 6.98. The number of aromatic amines is 1. The van der Waals surface area contributed by atoms with E-state index < -0.39 is 11.2 Å². The molecule has 0 fully saturated rings. The minimum Gasteiger partial charge on any atom is -0.395 e. The number of nitrogens with two attached hydrogens (primary N) is 1. The quantitative estimate of drug-likeness (QED) is 0.633. The molecule has 0 spiro atoms. The molecule has 1 aromatic rings. The van der Waals surface area contributed by atoms with Gasteiger partial charge in [0.1, 0.15) is 11.5 Å². The van der Waals surface area contributed by atoms with Gasteiger partial charge in [-0.1, -0.05) is 13.3 Å². The molecule has 108 valence electrons. The standard InChI is InChI=1S/C12H22N4O3/c1-3-5-6-15(7-8-17)9-10(13)16(4-2)12(19)14-11(9)18/h17H,3-8,13H2,1-2H3,(H,14,18,19). The van der Waals surface area contributed by atoms with E-state index in [9.17, 15) is 9.59 Å². The summed E-state index contributed by atoms with van der Waals surface area (Å²) < 4.78 is 1.31. The molecular weight excluding hydrogens is 248 g/mol. The summed E-state index contributed by atoms with van der Waals surface area (Å²) in [5.41, 5.74) is 5.18. The summed E-state index contributed by atoms with van der Waals surface area (Å²) in [7, 11) is 0. The van der Waals surface area contributed by atoms with Crippen molar-refractivity contribution in [1.29, 1.82) is 0 Å². The van der Waals surface area contributed by atoms with Crippen LogP contribution in [0.1, 0.15) is 26.7 Å². The third kappa shape index (κ3) is 3.37. The van der Waals surface area contributed by atoms with Crippen LogP contribution in [0.15, 0.2) is 9.59 Å². The molecule has 19 heavy (non-hydrogen) atoms. The summed E-state index contributed by atoms with van der Waals surface area (Å²) in [5, 5.41) is 9.10.